The van der Waals surface area contributed by atoms with Crippen molar-refractivity contribution in [2.24, 2.45) is 0 Å². The molecule has 0 aromatic carbocycles. The van der Waals surface area contributed by atoms with Gasteiger partial charge in [0.1, 0.15) is 6.07 Å². The van der Waals surface area contributed by atoms with Crippen molar-refractivity contribution in [2.75, 3.05) is 0 Å². The summed E-state index contributed by atoms with van der Waals surface area (Å²) in [5.41, 5.74) is 3.01. The van der Waals surface area contributed by atoms with Gasteiger partial charge in [-0.2, -0.15) is 5.26 Å². The second kappa shape index (κ2) is 2.95. The molecule has 2 heteroatoms. The molecule has 0 N–H and O–H groups in total. The molecule has 0 unspecified atom stereocenters. The van der Waals surface area contributed by atoms with Gasteiger partial charge in [-0.3, -0.25) is 0 Å². The van der Waals surface area contributed by atoms with Crippen LogP contribution in [-0.2, 0) is 6.42 Å². The minimum atomic E-state index is 0.746. The molecule has 2 rings (SSSR count). The zero-order chi connectivity index (χ0) is 9.26. The first-order valence-electron chi connectivity index (χ1n) is 4.35. The summed E-state index contributed by atoms with van der Waals surface area (Å²) in [4.78, 5) is 0. The van der Waals surface area contributed by atoms with E-state index in [9.17, 15) is 0 Å². The lowest BCUT2D eigenvalue weighted by atomic mass is 10.2. The van der Waals surface area contributed by atoms with Crippen molar-refractivity contribution in [3.8, 4) is 6.07 Å². The average Bonchev–Trinajstić information content (AvgIpc) is 2.59. The number of nitrogens with zero attached hydrogens (tertiary/aromatic N) is 2. The molecule has 13 heavy (non-hydrogen) atoms. The molecule has 0 saturated carbocycles. The summed E-state index contributed by atoms with van der Waals surface area (Å²) in [5.74, 6) is 0. The van der Waals surface area contributed by atoms with Crippen molar-refractivity contribution in [1.82, 2.24) is 4.40 Å². The van der Waals surface area contributed by atoms with E-state index in [1.54, 1.807) is 0 Å². The zero-order valence-corrected chi connectivity index (χ0v) is 7.49. The number of fused-ring (bicyclic) bond motifs is 1. The molecule has 0 aliphatic carbocycles. The van der Waals surface area contributed by atoms with Crippen LogP contribution in [0.2, 0.25) is 0 Å². The molecule has 0 saturated heterocycles. The Bertz CT molecular complexity index is 474. The van der Waals surface area contributed by atoms with Crippen LogP contribution in [0.3, 0.4) is 0 Å². The third-order valence-corrected chi connectivity index (χ3v) is 2.26. The summed E-state index contributed by atoms with van der Waals surface area (Å²) in [6.07, 6.45) is 4.91. The Morgan fingerprint density at radius 1 is 1.38 bits per heavy atom. The van der Waals surface area contributed by atoms with E-state index in [2.05, 4.69) is 25.1 Å². The smallest absolute Gasteiger partial charge is 0.101 e. The van der Waals surface area contributed by atoms with E-state index < -0.39 is 0 Å². The van der Waals surface area contributed by atoms with Gasteiger partial charge >= 0.3 is 0 Å². The van der Waals surface area contributed by atoms with Crippen molar-refractivity contribution in [2.45, 2.75) is 13.3 Å². The number of hydrogen-bond acceptors (Lipinski definition) is 1. The summed E-state index contributed by atoms with van der Waals surface area (Å²) in [6, 6.07) is 8.17. The lowest BCUT2D eigenvalue weighted by molar-refractivity contribution is 1.10. The predicted molar refractivity (Wildman–Crippen MR) is 51.5 cm³/mol. The maximum atomic E-state index is 8.82. The largest absolute Gasteiger partial charge is 0.323 e. The van der Waals surface area contributed by atoms with Crippen molar-refractivity contribution < 1.29 is 0 Å². The second-order valence-electron chi connectivity index (χ2n) is 3.02. The van der Waals surface area contributed by atoms with E-state index in [0.29, 0.717) is 0 Å². The molecule has 0 atom stereocenters. The van der Waals surface area contributed by atoms with Crippen LogP contribution < -0.4 is 0 Å². The molecule has 2 aromatic heterocycles. The Hall–Kier alpha value is -1.75. The molecule has 2 heterocycles. The molecular formula is C11H10N2. The highest BCUT2D eigenvalue weighted by atomic mass is 14.8. The average molecular weight is 170 g/mol. The van der Waals surface area contributed by atoms with Crippen LogP contribution in [0.15, 0.2) is 30.6 Å². The summed E-state index contributed by atoms with van der Waals surface area (Å²) >= 11 is 0. The van der Waals surface area contributed by atoms with Crippen LogP contribution in [0.25, 0.3) is 5.52 Å². The third-order valence-electron chi connectivity index (χ3n) is 2.26. The Balaban J connectivity index is 2.73. The fourth-order valence-electron chi connectivity index (χ4n) is 1.46. The standard InChI is InChI=1S/C11H10N2/c1-2-9-3-5-13-6-4-10(8-12)11(13)7-9/h3-7H,2H2,1H3. The number of pyridine rings is 1. The maximum Gasteiger partial charge on any atom is 0.101 e. The SMILES string of the molecule is CCc1ccn2ccc(C#N)c2c1. The predicted octanol–water partition coefficient (Wildman–Crippen LogP) is 2.37. The van der Waals surface area contributed by atoms with E-state index in [0.717, 1.165) is 17.5 Å². The third kappa shape index (κ3) is 1.19. The molecule has 0 aliphatic rings. The molecule has 0 radical (unpaired) electrons. The van der Waals surface area contributed by atoms with Crippen molar-refractivity contribution >= 4 is 5.52 Å². The molecule has 2 nitrogen and oxygen atoms in total. The van der Waals surface area contributed by atoms with Crippen molar-refractivity contribution in [3.63, 3.8) is 0 Å². The van der Waals surface area contributed by atoms with Gasteiger partial charge in [-0.15, -0.1) is 0 Å². The number of rotatable bonds is 1. The first-order valence-corrected chi connectivity index (χ1v) is 4.35. The summed E-state index contributed by atoms with van der Waals surface area (Å²) < 4.78 is 1.97. The van der Waals surface area contributed by atoms with Gasteiger partial charge in [-0.05, 0) is 30.2 Å². The minimum absolute atomic E-state index is 0.746. The molecule has 0 bridgehead atoms. The highest BCUT2D eigenvalue weighted by Gasteiger charge is 2.00. The topological polar surface area (TPSA) is 28.2 Å². The molecular weight excluding hydrogens is 160 g/mol. The Morgan fingerprint density at radius 3 is 2.85 bits per heavy atom. The van der Waals surface area contributed by atoms with Gasteiger partial charge in [0, 0.05) is 12.4 Å². The van der Waals surface area contributed by atoms with Crippen molar-refractivity contribution in [1.29, 1.82) is 5.26 Å². The van der Waals surface area contributed by atoms with Crippen LogP contribution >= 0.6 is 0 Å². The summed E-state index contributed by atoms with van der Waals surface area (Å²) in [6.45, 7) is 2.11. The first kappa shape index (κ1) is 7.88. The summed E-state index contributed by atoms with van der Waals surface area (Å²) in [7, 11) is 0. The number of aryl methyl sites for hydroxylation is 1. The van der Waals surface area contributed by atoms with E-state index in [1.807, 2.05) is 22.9 Å². The van der Waals surface area contributed by atoms with Gasteiger partial charge in [0.25, 0.3) is 0 Å². The van der Waals surface area contributed by atoms with Gasteiger partial charge < -0.3 is 4.40 Å². The fraction of sp³-hybridized carbons (Fsp3) is 0.182. The van der Waals surface area contributed by atoms with E-state index in [-0.39, 0.29) is 0 Å². The van der Waals surface area contributed by atoms with Gasteiger partial charge in [-0.1, -0.05) is 6.92 Å². The lowest BCUT2D eigenvalue weighted by Gasteiger charge is -1.98. The Kier molecular flexibility index (Phi) is 1.79. The maximum absolute atomic E-state index is 8.82. The van der Waals surface area contributed by atoms with Gasteiger partial charge in [-0.25, -0.2) is 0 Å². The Labute approximate surface area is 77.0 Å². The molecule has 0 fully saturated rings. The molecule has 64 valence electrons. The monoisotopic (exact) mass is 170 g/mol. The van der Waals surface area contributed by atoms with E-state index >= 15 is 0 Å². The van der Waals surface area contributed by atoms with Gasteiger partial charge in [0.2, 0.25) is 0 Å². The lowest BCUT2D eigenvalue weighted by Crippen LogP contribution is -1.86. The normalized spacial score (nSPS) is 10.2. The minimum Gasteiger partial charge on any atom is -0.323 e. The molecule has 0 amide bonds. The van der Waals surface area contributed by atoms with Crippen LogP contribution in [0.1, 0.15) is 18.1 Å². The van der Waals surface area contributed by atoms with E-state index in [4.69, 9.17) is 5.26 Å². The van der Waals surface area contributed by atoms with Crippen LogP contribution in [0.4, 0.5) is 0 Å². The van der Waals surface area contributed by atoms with Crippen LogP contribution in [0.5, 0.6) is 0 Å². The molecule has 0 aliphatic heterocycles. The Morgan fingerprint density at radius 2 is 2.15 bits per heavy atom. The number of hydrogen-bond donors (Lipinski definition) is 0. The van der Waals surface area contributed by atoms with Gasteiger partial charge in [0.05, 0.1) is 11.1 Å². The van der Waals surface area contributed by atoms with Gasteiger partial charge in [0.15, 0.2) is 0 Å². The van der Waals surface area contributed by atoms with Crippen LogP contribution in [-0.4, -0.2) is 4.40 Å². The highest BCUT2D eigenvalue weighted by Crippen LogP contribution is 2.13. The fourth-order valence-corrected chi connectivity index (χ4v) is 1.46. The van der Waals surface area contributed by atoms with Crippen LogP contribution in [0, 0.1) is 11.3 Å². The second-order valence-corrected chi connectivity index (χ2v) is 3.02. The number of nitriles is 1. The van der Waals surface area contributed by atoms with E-state index in [1.165, 1.54) is 5.56 Å². The zero-order valence-electron chi connectivity index (χ0n) is 7.49. The summed E-state index contributed by atoms with van der Waals surface area (Å²) in [5, 5.41) is 8.82. The number of aromatic nitrogens is 1. The molecule has 2 aromatic rings. The van der Waals surface area contributed by atoms with Crippen molar-refractivity contribution in [3.05, 3.63) is 41.7 Å². The highest BCUT2D eigenvalue weighted by molar-refractivity contribution is 5.62. The quantitative estimate of drug-likeness (QED) is 0.645. The first-order chi connectivity index (χ1) is 6.35. The molecule has 0 spiro atoms.